The van der Waals surface area contributed by atoms with Gasteiger partial charge in [0.25, 0.3) is 0 Å². The molecule has 2 rings (SSSR count). The van der Waals surface area contributed by atoms with Crippen LogP contribution in [0.25, 0.3) is 10.1 Å². The van der Waals surface area contributed by atoms with Crippen LogP contribution in [0.5, 0.6) is 0 Å². The summed E-state index contributed by atoms with van der Waals surface area (Å²) in [6.45, 7) is 0. The Bertz CT molecular complexity index is 483. The molecule has 0 amide bonds. The van der Waals surface area contributed by atoms with E-state index < -0.39 is 7.12 Å². The van der Waals surface area contributed by atoms with Gasteiger partial charge in [0.1, 0.15) is 0 Å². The summed E-state index contributed by atoms with van der Waals surface area (Å²) >= 11 is 8.06. The Labute approximate surface area is 105 Å². The van der Waals surface area contributed by atoms with Gasteiger partial charge in [-0.1, -0.05) is 6.07 Å². The van der Waals surface area contributed by atoms with Gasteiger partial charge < -0.3 is 10.0 Å². The van der Waals surface area contributed by atoms with E-state index in [0.29, 0.717) is 10.4 Å². The lowest BCUT2D eigenvalue weighted by Crippen LogP contribution is -2.31. The molecule has 1 heterocycles. The van der Waals surface area contributed by atoms with E-state index in [4.69, 9.17) is 10.0 Å². The van der Waals surface area contributed by atoms with Crippen molar-refractivity contribution in [1.29, 1.82) is 0 Å². The second-order valence-corrected chi connectivity index (χ2v) is 5.42. The topological polar surface area (TPSA) is 40.5 Å². The van der Waals surface area contributed by atoms with Crippen LogP contribution in [-0.4, -0.2) is 17.2 Å². The van der Waals surface area contributed by atoms with Crippen molar-refractivity contribution in [2.45, 2.75) is 4.90 Å². The largest absolute Gasteiger partial charge is 0.489 e. The zero-order valence-corrected chi connectivity index (χ0v) is 10.8. The summed E-state index contributed by atoms with van der Waals surface area (Å²) in [7, 11) is -1.46. The summed E-state index contributed by atoms with van der Waals surface area (Å²) < 4.78 is 2.24. The molecule has 72 valence electrons. The minimum absolute atomic E-state index is 0.456. The van der Waals surface area contributed by atoms with E-state index in [-0.39, 0.29) is 0 Å². The normalized spacial score (nSPS) is 10.9. The summed E-state index contributed by atoms with van der Waals surface area (Å²) in [5.41, 5.74) is 0.456. The van der Waals surface area contributed by atoms with Crippen molar-refractivity contribution in [2.24, 2.45) is 0 Å². The van der Waals surface area contributed by atoms with E-state index >= 15 is 0 Å². The summed E-state index contributed by atoms with van der Waals surface area (Å²) in [6, 6.07) is 3.64. The van der Waals surface area contributed by atoms with Crippen LogP contribution in [0.2, 0.25) is 0 Å². The molecule has 2 nitrogen and oxygen atoms in total. The van der Waals surface area contributed by atoms with Crippen LogP contribution in [0.15, 0.2) is 22.4 Å². The predicted molar refractivity (Wildman–Crippen MR) is 71.6 cm³/mol. The third kappa shape index (κ3) is 1.81. The van der Waals surface area contributed by atoms with Gasteiger partial charge in [-0.05, 0) is 34.1 Å². The molecule has 0 bridgehead atoms. The lowest BCUT2D eigenvalue weighted by Gasteiger charge is -2.03. The van der Waals surface area contributed by atoms with Gasteiger partial charge in [-0.15, -0.1) is 24.0 Å². The Balaban J connectivity index is 2.74. The van der Waals surface area contributed by atoms with Crippen LogP contribution >= 0.6 is 46.6 Å². The molecule has 2 aromatic rings. The first-order chi connectivity index (χ1) is 6.59. The van der Waals surface area contributed by atoms with Crippen LogP contribution in [0.4, 0.5) is 0 Å². The molecule has 0 atom stereocenters. The van der Waals surface area contributed by atoms with Crippen LogP contribution in [0, 0.1) is 3.57 Å². The minimum atomic E-state index is -1.46. The molecule has 0 aliphatic rings. The molecule has 0 fully saturated rings. The van der Waals surface area contributed by atoms with Crippen molar-refractivity contribution in [1.82, 2.24) is 0 Å². The number of hydrogen-bond acceptors (Lipinski definition) is 4. The maximum absolute atomic E-state index is 9.10. The van der Waals surface area contributed by atoms with Gasteiger partial charge >= 0.3 is 7.12 Å². The van der Waals surface area contributed by atoms with E-state index in [1.807, 2.05) is 11.4 Å². The van der Waals surface area contributed by atoms with E-state index in [2.05, 4.69) is 35.2 Å². The van der Waals surface area contributed by atoms with Gasteiger partial charge in [0, 0.05) is 23.9 Å². The molecule has 0 saturated carbocycles. The van der Waals surface area contributed by atoms with Crippen LogP contribution in [0.1, 0.15) is 0 Å². The zero-order chi connectivity index (χ0) is 10.3. The molecule has 1 aromatic carbocycles. The number of thiophene rings is 1. The summed E-state index contributed by atoms with van der Waals surface area (Å²) in [4.78, 5) is 0.616. The highest BCUT2D eigenvalue weighted by molar-refractivity contribution is 14.1. The quantitative estimate of drug-likeness (QED) is 0.419. The first-order valence-electron chi connectivity index (χ1n) is 3.85. The third-order valence-electron chi connectivity index (χ3n) is 1.95. The molecule has 1 aromatic heterocycles. The molecule has 0 aliphatic carbocycles. The maximum Gasteiger partial charge on any atom is 0.489 e. The second-order valence-electron chi connectivity index (χ2n) is 2.86. The number of fused-ring (bicyclic) bond motifs is 1. The van der Waals surface area contributed by atoms with Gasteiger partial charge in [-0.3, -0.25) is 0 Å². The zero-order valence-electron chi connectivity index (χ0n) is 6.94. The molecular formula is C8H6BIO2S2. The number of rotatable bonds is 1. The molecule has 14 heavy (non-hydrogen) atoms. The number of hydrogen-bond donors (Lipinski definition) is 3. The lowest BCUT2D eigenvalue weighted by molar-refractivity contribution is 0.425. The van der Waals surface area contributed by atoms with Crippen molar-refractivity contribution in [3.63, 3.8) is 0 Å². The Morgan fingerprint density at radius 1 is 1.36 bits per heavy atom. The monoisotopic (exact) mass is 336 g/mol. The summed E-state index contributed by atoms with van der Waals surface area (Å²) in [5, 5.41) is 21.3. The Kier molecular flexibility index (Phi) is 3.08. The minimum Gasteiger partial charge on any atom is -0.423 e. The Morgan fingerprint density at radius 3 is 2.71 bits per heavy atom. The molecule has 2 N–H and O–H groups in total. The van der Waals surface area contributed by atoms with Gasteiger partial charge in [0.15, 0.2) is 0 Å². The number of halogens is 1. The van der Waals surface area contributed by atoms with E-state index in [1.165, 1.54) is 0 Å². The first kappa shape index (κ1) is 10.8. The highest BCUT2D eigenvalue weighted by Crippen LogP contribution is 2.28. The van der Waals surface area contributed by atoms with Crippen molar-refractivity contribution < 1.29 is 10.0 Å². The van der Waals surface area contributed by atoms with Gasteiger partial charge in [-0.2, -0.15) is 0 Å². The van der Waals surface area contributed by atoms with Crippen molar-refractivity contribution >= 4 is 69.2 Å². The van der Waals surface area contributed by atoms with Crippen LogP contribution in [0.3, 0.4) is 0 Å². The fourth-order valence-corrected chi connectivity index (χ4v) is 3.50. The smallest absolute Gasteiger partial charge is 0.423 e. The van der Waals surface area contributed by atoms with Crippen molar-refractivity contribution in [3.8, 4) is 0 Å². The van der Waals surface area contributed by atoms with E-state index in [9.17, 15) is 0 Å². The molecular weight excluding hydrogens is 330 g/mol. The molecule has 0 saturated heterocycles. The number of benzene rings is 1. The van der Waals surface area contributed by atoms with Gasteiger partial charge in [-0.25, -0.2) is 0 Å². The maximum atomic E-state index is 9.10. The Hall–Kier alpha value is 0.245. The molecule has 0 radical (unpaired) electrons. The average molecular weight is 336 g/mol. The van der Waals surface area contributed by atoms with Crippen LogP contribution in [-0.2, 0) is 0 Å². The summed E-state index contributed by atoms with van der Waals surface area (Å²) in [5.74, 6) is 0. The standard InChI is InChI=1S/C8H6BIO2S2/c10-6-3-14-8-2-7(13)5(9(11)12)1-4(6)8/h1-3,11-13H. The first-order valence-corrected chi connectivity index (χ1v) is 6.26. The highest BCUT2D eigenvalue weighted by atomic mass is 127. The number of thiol groups is 1. The van der Waals surface area contributed by atoms with Crippen LogP contribution < -0.4 is 5.46 Å². The van der Waals surface area contributed by atoms with Gasteiger partial charge in [0.05, 0.1) is 0 Å². The van der Waals surface area contributed by atoms with E-state index in [0.717, 1.165) is 13.7 Å². The van der Waals surface area contributed by atoms with Crippen molar-refractivity contribution in [3.05, 3.63) is 21.1 Å². The van der Waals surface area contributed by atoms with Gasteiger partial charge in [0.2, 0.25) is 0 Å². The van der Waals surface area contributed by atoms with Crippen molar-refractivity contribution in [2.75, 3.05) is 0 Å². The highest BCUT2D eigenvalue weighted by Gasteiger charge is 2.16. The van der Waals surface area contributed by atoms with E-state index in [1.54, 1.807) is 17.4 Å². The molecule has 0 unspecified atom stereocenters. The fraction of sp³-hybridized carbons (Fsp3) is 0. The molecule has 6 heteroatoms. The molecule has 0 aliphatic heterocycles. The average Bonchev–Trinajstić information content (AvgIpc) is 2.46. The summed E-state index contributed by atoms with van der Waals surface area (Å²) in [6.07, 6.45) is 0. The lowest BCUT2D eigenvalue weighted by atomic mass is 9.80. The third-order valence-corrected chi connectivity index (χ3v) is 4.60. The second kappa shape index (κ2) is 4.01. The SMILES string of the molecule is OB(O)c1cc2c(I)csc2cc1S. The predicted octanol–water partition coefficient (Wildman–Crippen LogP) is 1.47. The fourth-order valence-electron chi connectivity index (χ4n) is 1.26. The Morgan fingerprint density at radius 2 is 2.07 bits per heavy atom. The molecule has 0 spiro atoms.